The van der Waals surface area contributed by atoms with Gasteiger partial charge in [0.2, 0.25) is 10.0 Å². The number of methoxy groups -OCH3 is 1. The van der Waals surface area contributed by atoms with Crippen LogP contribution in [0.25, 0.3) is 0 Å². The first kappa shape index (κ1) is 15.8. The molecular weight excluding hydrogens is 292 g/mol. The molecule has 0 unspecified atom stereocenters. The summed E-state index contributed by atoms with van der Waals surface area (Å²) in [4.78, 5) is 13.0. The van der Waals surface area contributed by atoms with E-state index >= 15 is 0 Å². The average Bonchev–Trinajstić information content (AvgIpc) is 2.47. The van der Waals surface area contributed by atoms with E-state index in [0.29, 0.717) is 25.9 Å². The summed E-state index contributed by atoms with van der Waals surface area (Å²) in [5.74, 6) is -0.0228. The van der Waals surface area contributed by atoms with Crippen molar-refractivity contribution in [2.75, 3.05) is 20.2 Å². The van der Waals surface area contributed by atoms with Crippen molar-refractivity contribution in [2.45, 2.75) is 24.6 Å². The molecule has 1 aromatic rings. The molecule has 0 bridgehead atoms. The third kappa shape index (κ3) is 4.71. The fourth-order valence-electron chi connectivity index (χ4n) is 2.40. The number of likely N-dealkylation sites (tertiary alicyclic amines) is 1. The Kier molecular flexibility index (Phi) is 5.19. The molecule has 1 N–H and O–H groups in total. The summed E-state index contributed by atoms with van der Waals surface area (Å²) in [5, 5.41) is 0. The minimum atomic E-state index is -3.36. The number of sulfonamides is 1. The molecular formula is C14H20N2O4S. The van der Waals surface area contributed by atoms with Gasteiger partial charge in [-0.15, -0.1) is 0 Å². The van der Waals surface area contributed by atoms with E-state index in [1.54, 1.807) is 17.0 Å². The van der Waals surface area contributed by atoms with Crippen LogP contribution in [0.1, 0.15) is 18.4 Å². The molecule has 1 aliphatic heterocycles. The van der Waals surface area contributed by atoms with E-state index in [2.05, 4.69) is 9.46 Å². The molecule has 0 aliphatic carbocycles. The standard InChI is InChI=1S/C14H20N2O4S/c1-20-14(17)16-9-7-13(8-10-16)15-21(18,19)11-12-5-3-2-4-6-12/h2-6,13,15H,7-11H2,1H3. The molecule has 0 spiro atoms. The largest absolute Gasteiger partial charge is 0.453 e. The first-order chi connectivity index (χ1) is 10.00. The minimum absolute atomic E-state index is 0.0228. The average molecular weight is 312 g/mol. The molecule has 1 heterocycles. The fourth-order valence-corrected chi connectivity index (χ4v) is 3.86. The molecule has 6 nitrogen and oxygen atoms in total. The number of nitrogens with zero attached hydrogens (tertiary/aromatic N) is 1. The highest BCUT2D eigenvalue weighted by atomic mass is 32.2. The van der Waals surface area contributed by atoms with Crippen LogP contribution in [0.5, 0.6) is 0 Å². The lowest BCUT2D eigenvalue weighted by molar-refractivity contribution is 0.111. The lowest BCUT2D eigenvalue weighted by atomic mass is 10.1. The Morgan fingerprint density at radius 3 is 2.48 bits per heavy atom. The molecule has 0 aromatic heterocycles. The van der Waals surface area contributed by atoms with Gasteiger partial charge in [0.15, 0.2) is 0 Å². The molecule has 116 valence electrons. The van der Waals surface area contributed by atoms with E-state index in [0.717, 1.165) is 5.56 Å². The van der Waals surface area contributed by atoms with Crippen LogP contribution < -0.4 is 4.72 Å². The van der Waals surface area contributed by atoms with E-state index in [9.17, 15) is 13.2 Å². The quantitative estimate of drug-likeness (QED) is 0.910. The molecule has 1 aromatic carbocycles. The highest BCUT2D eigenvalue weighted by Crippen LogP contribution is 2.13. The predicted molar refractivity (Wildman–Crippen MR) is 79.2 cm³/mol. The predicted octanol–water partition coefficient (Wildman–Crippen LogP) is 1.34. The maximum Gasteiger partial charge on any atom is 0.409 e. The van der Waals surface area contributed by atoms with Crippen LogP contribution in [0.2, 0.25) is 0 Å². The van der Waals surface area contributed by atoms with Gasteiger partial charge in [-0.05, 0) is 18.4 Å². The zero-order valence-corrected chi connectivity index (χ0v) is 12.8. The van der Waals surface area contributed by atoms with Gasteiger partial charge in [-0.2, -0.15) is 0 Å². The monoisotopic (exact) mass is 312 g/mol. The van der Waals surface area contributed by atoms with Crippen molar-refractivity contribution < 1.29 is 17.9 Å². The molecule has 1 saturated heterocycles. The van der Waals surface area contributed by atoms with Gasteiger partial charge in [0.1, 0.15) is 0 Å². The van der Waals surface area contributed by atoms with Crippen LogP contribution in [0.15, 0.2) is 30.3 Å². The minimum Gasteiger partial charge on any atom is -0.453 e. The van der Waals surface area contributed by atoms with Gasteiger partial charge in [0, 0.05) is 19.1 Å². The highest BCUT2D eigenvalue weighted by Gasteiger charge is 2.26. The number of rotatable bonds is 4. The molecule has 1 amide bonds. The molecule has 7 heteroatoms. The van der Waals surface area contributed by atoms with Crippen LogP contribution in [-0.2, 0) is 20.5 Å². The second kappa shape index (κ2) is 6.91. The van der Waals surface area contributed by atoms with Crippen molar-refractivity contribution in [3.05, 3.63) is 35.9 Å². The van der Waals surface area contributed by atoms with Gasteiger partial charge < -0.3 is 9.64 Å². The summed E-state index contributed by atoms with van der Waals surface area (Å²) in [6, 6.07) is 8.95. The van der Waals surface area contributed by atoms with E-state index < -0.39 is 10.0 Å². The molecule has 0 saturated carbocycles. The van der Waals surface area contributed by atoms with Crippen molar-refractivity contribution in [1.29, 1.82) is 0 Å². The van der Waals surface area contributed by atoms with Crippen LogP contribution in [0.3, 0.4) is 0 Å². The fraction of sp³-hybridized carbons (Fsp3) is 0.500. The first-order valence-electron chi connectivity index (χ1n) is 6.87. The third-order valence-corrected chi connectivity index (χ3v) is 4.88. The molecule has 0 atom stereocenters. The second-order valence-corrected chi connectivity index (χ2v) is 6.85. The zero-order valence-electron chi connectivity index (χ0n) is 12.0. The molecule has 2 rings (SSSR count). The molecule has 1 aliphatic rings. The Bertz CT molecular complexity index is 566. The smallest absolute Gasteiger partial charge is 0.409 e. The number of carbonyl (C=O) groups excluding carboxylic acids is 1. The summed E-state index contributed by atoms with van der Waals surface area (Å²) < 4.78 is 31.6. The van der Waals surface area contributed by atoms with Gasteiger partial charge in [0.25, 0.3) is 0 Å². The molecule has 21 heavy (non-hydrogen) atoms. The Labute approximate surface area is 125 Å². The van der Waals surface area contributed by atoms with Crippen molar-refractivity contribution in [3.8, 4) is 0 Å². The van der Waals surface area contributed by atoms with Gasteiger partial charge in [-0.3, -0.25) is 0 Å². The van der Waals surface area contributed by atoms with E-state index in [4.69, 9.17) is 0 Å². The summed E-state index contributed by atoms with van der Waals surface area (Å²) in [6.45, 7) is 1.01. The lowest BCUT2D eigenvalue weighted by Crippen LogP contribution is -2.46. The Hall–Kier alpha value is -1.60. The summed E-state index contributed by atoms with van der Waals surface area (Å²) in [5.41, 5.74) is 0.761. The van der Waals surface area contributed by atoms with E-state index in [1.807, 2.05) is 18.2 Å². The van der Waals surface area contributed by atoms with Crippen LogP contribution in [0.4, 0.5) is 4.79 Å². The van der Waals surface area contributed by atoms with Gasteiger partial charge in [0.05, 0.1) is 12.9 Å². The number of amides is 1. The van der Waals surface area contributed by atoms with Crippen LogP contribution in [-0.4, -0.2) is 45.7 Å². The summed E-state index contributed by atoms with van der Waals surface area (Å²) >= 11 is 0. The maximum absolute atomic E-state index is 12.1. The van der Waals surface area contributed by atoms with Crippen LogP contribution >= 0.6 is 0 Å². The number of hydrogen-bond donors (Lipinski definition) is 1. The van der Waals surface area contributed by atoms with Gasteiger partial charge in [-0.25, -0.2) is 17.9 Å². The normalized spacial score (nSPS) is 16.7. The Morgan fingerprint density at radius 1 is 1.29 bits per heavy atom. The number of carbonyl (C=O) groups is 1. The second-order valence-electron chi connectivity index (χ2n) is 5.09. The zero-order chi connectivity index (χ0) is 15.3. The summed E-state index contributed by atoms with van der Waals surface area (Å²) in [6.07, 6.45) is 0.840. The highest BCUT2D eigenvalue weighted by molar-refractivity contribution is 7.88. The van der Waals surface area contributed by atoms with Gasteiger partial charge in [-0.1, -0.05) is 30.3 Å². The molecule has 1 fully saturated rings. The third-order valence-electron chi connectivity index (χ3n) is 3.47. The van der Waals surface area contributed by atoms with Crippen molar-refractivity contribution in [3.63, 3.8) is 0 Å². The number of piperidine rings is 1. The topological polar surface area (TPSA) is 75.7 Å². The number of hydrogen-bond acceptors (Lipinski definition) is 4. The van der Waals surface area contributed by atoms with E-state index in [-0.39, 0.29) is 17.9 Å². The Morgan fingerprint density at radius 2 is 1.90 bits per heavy atom. The van der Waals surface area contributed by atoms with Crippen molar-refractivity contribution in [1.82, 2.24) is 9.62 Å². The lowest BCUT2D eigenvalue weighted by Gasteiger charge is -2.31. The number of benzene rings is 1. The van der Waals surface area contributed by atoms with E-state index in [1.165, 1.54) is 7.11 Å². The first-order valence-corrected chi connectivity index (χ1v) is 8.52. The van der Waals surface area contributed by atoms with Crippen molar-refractivity contribution >= 4 is 16.1 Å². The van der Waals surface area contributed by atoms with Gasteiger partial charge >= 0.3 is 6.09 Å². The van der Waals surface area contributed by atoms with Crippen LogP contribution in [0, 0.1) is 0 Å². The number of nitrogens with one attached hydrogen (secondary N) is 1. The maximum atomic E-state index is 12.1. The Balaban J connectivity index is 1.86. The SMILES string of the molecule is COC(=O)N1CCC(NS(=O)(=O)Cc2ccccc2)CC1. The van der Waals surface area contributed by atoms with Crippen molar-refractivity contribution in [2.24, 2.45) is 0 Å². The number of ether oxygens (including phenoxy) is 1. The molecule has 0 radical (unpaired) electrons. The summed E-state index contributed by atoms with van der Waals surface area (Å²) in [7, 11) is -2.02.